The van der Waals surface area contributed by atoms with E-state index in [0.29, 0.717) is 38.0 Å². The normalized spacial score (nSPS) is 11.9. The number of fused-ring (bicyclic) bond motifs is 5. The Balaban J connectivity index is 1.68. The molecular weight excluding hydrogens is 452 g/mol. The van der Waals surface area contributed by atoms with Crippen molar-refractivity contribution in [2.45, 2.75) is 6.43 Å². The highest BCUT2D eigenvalue weighted by molar-refractivity contribution is 7.26. The standard InChI is InChI=1S/C23H12ClF2N5S/c24-15-9-5-4-8-13(15)21-29-22-19-18(27-11-31(22)30-21)17-14(12-6-2-1-3-7-12)10-16(20(25)26)28-23(17)32-19/h1-11,20H. The molecule has 0 aliphatic rings. The Morgan fingerprint density at radius 1 is 0.938 bits per heavy atom. The summed E-state index contributed by atoms with van der Waals surface area (Å²) in [4.78, 5) is 14.0. The van der Waals surface area contributed by atoms with Gasteiger partial charge in [-0.15, -0.1) is 16.4 Å². The minimum Gasteiger partial charge on any atom is -0.236 e. The fourth-order valence-electron chi connectivity index (χ4n) is 3.76. The fraction of sp³-hybridized carbons (Fsp3) is 0.0435. The van der Waals surface area contributed by atoms with Crippen LogP contribution in [0.15, 0.2) is 67.0 Å². The third-order valence-corrected chi connectivity index (χ3v) is 6.61. The van der Waals surface area contributed by atoms with Crippen LogP contribution in [0.25, 0.3) is 48.6 Å². The number of thiophene rings is 1. The summed E-state index contributed by atoms with van der Waals surface area (Å²) < 4.78 is 29.5. The number of alkyl halides is 2. The first-order valence-electron chi connectivity index (χ1n) is 9.67. The van der Waals surface area contributed by atoms with Crippen molar-refractivity contribution >= 4 is 49.0 Å². The molecule has 156 valence electrons. The highest BCUT2D eigenvalue weighted by atomic mass is 35.5. The first kappa shape index (κ1) is 19.2. The van der Waals surface area contributed by atoms with Gasteiger partial charge in [-0.05, 0) is 29.3 Å². The molecule has 6 aromatic rings. The third kappa shape index (κ3) is 2.95. The lowest BCUT2D eigenvalue weighted by Crippen LogP contribution is -1.93. The Morgan fingerprint density at radius 3 is 2.50 bits per heavy atom. The number of rotatable bonds is 3. The van der Waals surface area contributed by atoms with Crippen molar-refractivity contribution in [1.29, 1.82) is 0 Å². The van der Waals surface area contributed by atoms with Gasteiger partial charge in [0.25, 0.3) is 6.43 Å². The summed E-state index contributed by atoms with van der Waals surface area (Å²) in [6.45, 7) is 0. The third-order valence-electron chi connectivity index (χ3n) is 5.21. The van der Waals surface area contributed by atoms with Crippen LogP contribution in [-0.4, -0.2) is 24.6 Å². The molecule has 0 aliphatic heterocycles. The van der Waals surface area contributed by atoms with Crippen LogP contribution >= 0.6 is 22.9 Å². The van der Waals surface area contributed by atoms with E-state index < -0.39 is 6.43 Å². The van der Waals surface area contributed by atoms with E-state index in [4.69, 9.17) is 11.6 Å². The Hall–Kier alpha value is -3.49. The Morgan fingerprint density at radius 2 is 1.72 bits per heavy atom. The summed E-state index contributed by atoms with van der Waals surface area (Å²) in [7, 11) is 0. The number of nitrogens with zero attached hydrogens (tertiary/aromatic N) is 5. The minimum atomic E-state index is -2.68. The summed E-state index contributed by atoms with van der Waals surface area (Å²) in [5, 5.41) is 5.78. The predicted molar refractivity (Wildman–Crippen MR) is 122 cm³/mol. The lowest BCUT2D eigenvalue weighted by Gasteiger charge is -2.07. The van der Waals surface area contributed by atoms with E-state index in [2.05, 4.69) is 20.1 Å². The predicted octanol–water partition coefficient (Wildman–Crippen LogP) is 6.81. The van der Waals surface area contributed by atoms with Crippen LogP contribution in [0.5, 0.6) is 0 Å². The highest BCUT2D eigenvalue weighted by Gasteiger charge is 2.21. The van der Waals surface area contributed by atoms with Crippen molar-refractivity contribution in [3.05, 3.63) is 77.7 Å². The molecule has 4 aromatic heterocycles. The lowest BCUT2D eigenvalue weighted by molar-refractivity contribution is 0.146. The number of halogens is 3. The van der Waals surface area contributed by atoms with Crippen molar-refractivity contribution in [3.8, 4) is 22.5 Å². The van der Waals surface area contributed by atoms with Gasteiger partial charge in [-0.3, -0.25) is 0 Å². The average Bonchev–Trinajstić information content (AvgIpc) is 3.40. The van der Waals surface area contributed by atoms with E-state index in [0.717, 1.165) is 15.6 Å². The molecule has 0 unspecified atom stereocenters. The highest BCUT2D eigenvalue weighted by Crippen LogP contribution is 2.41. The number of aromatic nitrogens is 5. The van der Waals surface area contributed by atoms with E-state index in [1.807, 2.05) is 48.5 Å². The van der Waals surface area contributed by atoms with Gasteiger partial charge in [-0.25, -0.2) is 28.2 Å². The van der Waals surface area contributed by atoms with Gasteiger partial charge in [0.15, 0.2) is 11.5 Å². The van der Waals surface area contributed by atoms with Crippen molar-refractivity contribution < 1.29 is 8.78 Å². The Kier molecular flexibility index (Phi) is 4.38. The Labute approximate surface area is 189 Å². The zero-order valence-electron chi connectivity index (χ0n) is 16.2. The molecule has 0 spiro atoms. The zero-order valence-corrected chi connectivity index (χ0v) is 17.8. The van der Waals surface area contributed by atoms with Crippen LogP contribution in [0.1, 0.15) is 12.1 Å². The summed E-state index contributed by atoms with van der Waals surface area (Å²) in [6, 6.07) is 18.2. The van der Waals surface area contributed by atoms with Crippen molar-refractivity contribution in [2.24, 2.45) is 0 Å². The molecule has 0 radical (unpaired) electrons. The molecular formula is C23H12ClF2N5S. The molecule has 2 aromatic carbocycles. The zero-order chi connectivity index (χ0) is 21.8. The summed E-state index contributed by atoms with van der Waals surface area (Å²) in [6.07, 6.45) is -1.10. The number of benzene rings is 2. The number of hydrogen-bond acceptors (Lipinski definition) is 5. The molecule has 32 heavy (non-hydrogen) atoms. The fourth-order valence-corrected chi connectivity index (χ4v) is 5.12. The first-order valence-corrected chi connectivity index (χ1v) is 10.9. The van der Waals surface area contributed by atoms with Gasteiger partial charge in [-0.1, -0.05) is 54.1 Å². The molecule has 0 atom stereocenters. The van der Waals surface area contributed by atoms with Gasteiger partial charge in [-0.2, -0.15) is 0 Å². The van der Waals surface area contributed by atoms with Crippen molar-refractivity contribution in [3.63, 3.8) is 0 Å². The molecule has 4 heterocycles. The summed E-state index contributed by atoms with van der Waals surface area (Å²) in [5.74, 6) is 0.465. The van der Waals surface area contributed by atoms with Crippen molar-refractivity contribution in [2.75, 3.05) is 0 Å². The van der Waals surface area contributed by atoms with E-state index in [9.17, 15) is 8.78 Å². The molecule has 5 nitrogen and oxygen atoms in total. The van der Waals surface area contributed by atoms with Gasteiger partial charge in [0, 0.05) is 10.9 Å². The van der Waals surface area contributed by atoms with Crippen LogP contribution in [0, 0.1) is 0 Å². The second-order valence-corrected chi connectivity index (χ2v) is 8.56. The summed E-state index contributed by atoms with van der Waals surface area (Å²) >= 11 is 7.60. The minimum absolute atomic E-state index is 0.267. The monoisotopic (exact) mass is 463 g/mol. The Bertz CT molecular complexity index is 1630. The first-order chi connectivity index (χ1) is 15.6. The molecule has 6 rings (SSSR count). The topological polar surface area (TPSA) is 56.0 Å². The van der Waals surface area contributed by atoms with Crippen LogP contribution < -0.4 is 0 Å². The molecule has 0 N–H and O–H groups in total. The quantitative estimate of drug-likeness (QED) is 0.289. The average molecular weight is 464 g/mol. The van der Waals surface area contributed by atoms with Crippen LogP contribution in [0.2, 0.25) is 5.02 Å². The summed E-state index contributed by atoms with van der Waals surface area (Å²) in [5.41, 5.74) is 3.15. The maximum absolute atomic E-state index is 13.6. The SMILES string of the molecule is FC(F)c1cc(-c2ccccc2)c2c(n1)sc1c2ncn2nc(-c3ccccc3Cl)nc12. The lowest BCUT2D eigenvalue weighted by atomic mass is 10.0. The maximum atomic E-state index is 13.6. The molecule has 9 heteroatoms. The van der Waals surface area contributed by atoms with Gasteiger partial charge in [0.2, 0.25) is 0 Å². The second-order valence-electron chi connectivity index (χ2n) is 7.15. The molecule has 0 bridgehead atoms. The molecule has 0 saturated heterocycles. The van der Waals surface area contributed by atoms with Gasteiger partial charge in [0.1, 0.15) is 21.6 Å². The van der Waals surface area contributed by atoms with Crippen LogP contribution in [0.4, 0.5) is 8.78 Å². The second kappa shape index (κ2) is 7.29. The van der Waals surface area contributed by atoms with E-state index in [1.165, 1.54) is 17.4 Å². The van der Waals surface area contributed by atoms with Gasteiger partial charge >= 0.3 is 0 Å². The molecule has 0 fully saturated rings. The molecule has 0 aliphatic carbocycles. The van der Waals surface area contributed by atoms with Gasteiger partial charge < -0.3 is 0 Å². The van der Waals surface area contributed by atoms with E-state index >= 15 is 0 Å². The number of pyridine rings is 1. The smallest absolute Gasteiger partial charge is 0.236 e. The van der Waals surface area contributed by atoms with Crippen LogP contribution in [0.3, 0.4) is 0 Å². The van der Waals surface area contributed by atoms with E-state index in [1.54, 1.807) is 16.9 Å². The largest absolute Gasteiger partial charge is 0.280 e. The molecule has 0 saturated carbocycles. The molecule has 0 amide bonds. The number of hydrogen-bond donors (Lipinski definition) is 0. The van der Waals surface area contributed by atoms with Crippen molar-refractivity contribution in [1.82, 2.24) is 24.6 Å². The van der Waals surface area contributed by atoms with Crippen LogP contribution in [-0.2, 0) is 0 Å². The maximum Gasteiger partial charge on any atom is 0.280 e. The van der Waals surface area contributed by atoms with E-state index in [-0.39, 0.29) is 5.69 Å². The van der Waals surface area contributed by atoms with Gasteiger partial charge in [0.05, 0.1) is 10.5 Å².